The van der Waals surface area contributed by atoms with Gasteiger partial charge in [-0.2, -0.15) is 8.78 Å². The maximum absolute atomic E-state index is 12.7. The van der Waals surface area contributed by atoms with Crippen molar-refractivity contribution in [1.82, 2.24) is 0 Å². The monoisotopic (exact) mass is 401 g/mol. The van der Waals surface area contributed by atoms with Crippen LogP contribution in [0.15, 0.2) is 18.2 Å². The second-order valence-corrected chi connectivity index (χ2v) is 6.11. The Kier molecular flexibility index (Phi) is 5.00. The summed E-state index contributed by atoms with van der Waals surface area (Å²) in [5.74, 6) is -0.908. The number of hydrogen-bond donors (Lipinski definition) is 2. The molecule has 20 heavy (non-hydrogen) atoms. The minimum absolute atomic E-state index is 0.160. The number of carbonyl (C=O) groups is 1. The lowest BCUT2D eigenvalue weighted by Crippen LogP contribution is -2.27. The summed E-state index contributed by atoms with van der Waals surface area (Å²) in [6.07, 6.45) is -0.740. The first-order valence-electron chi connectivity index (χ1n) is 5.55. The number of ether oxygens (including phenoxy) is 2. The Morgan fingerprint density at radius 1 is 1.35 bits per heavy atom. The van der Waals surface area contributed by atoms with Gasteiger partial charge in [0.05, 0.1) is 22.6 Å². The van der Waals surface area contributed by atoms with E-state index in [2.05, 4.69) is 10.1 Å². The van der Waals surface area contributed by atoms with Crippen molar-refractivity contribution in [3.63, 3.8) is 0 Å². The molecule has 0 fully saturated rings. The molecule has 0 aliphatic rings. The summed E-state index contributed by atoms with van der Waals surface area (Å²) in [7, 11) is 0. The SMILES string of the molecule is CC(C)(C)OC(=O)Nc1ccc(O)c(OC(F)(F)I)c1. The van der Waals surface area contributed by atoms with E-state index in [4.69, 9.17) is 4.74 Å². The van der Waals surface area contributed by atoms with Gasteiger partial charge in [0.15, 0.2) is 11.5 Å². The van der Waals surface area contributed by atoms with E-state index in [1.807, 2.05) is 0 Å². The highest BCUT2D eigenvalue weighted by Crippen LogP contribution is 2.35. The number of halogens is 3. The van der Waals surface area contributed by atoms with Crippen LogP contribution in [0.2, 0.25) is 0 Å². The average molecular weight is 401 g/mol. The fourth-order valence-corrected chi connectivity index (χ4v) is 1.46. The zero-order valence-corrected chi connectivity index (χ0v) is 13.2. The minimum atomic E-state index is -3.47. The quantitative estimate of drug-likeness (QED) is 0.455. The van der Waals surface area contributed by atoms with E-state index in [1.54, 1.807) is 20.8 Å². The number of phenolic OH excluding ortho intramolecular Hbond substituents is 1. The normalized spacial score (nSPS) is 11.9. The Morgan fingerprint density at radius 3 is 2.45 bits per heavy atom. The third-order valence-corrected chi connectivity index (χ3v) is 2.05. The van der Waals surface area contributed by atoms with Crippen LogP contribution in [0.1, 0.15) is 20.8 Å². The molecule has 112 valence electrons. The number of hydrogen-bond acceptors (Lipinski definition) is 4. The number of rotatable bonds is 3. The molecule has 1 aromatic carbocycles. The topological polar surface area (TPSA) is 67.8 Å². The van der Waals surface area contributed by atoms with Crippen molar-refractivity contribution in [3.8, 4) is 11.5 Å². The summed E-state index contributed by atoms with van der Waals surface area (Å²) in [5, 5.41) is 11.8. The lowest BCUT2D eigenvalue weighted by Gasteiger charge is -2.20. The van der Waals surface area contributed by atoms with Gasteiger partial charge < -0.3 is 14.6 Å². The predicted octanol–water partition coefficient (Wildman–Crippen LogP) is 4.10. The first-order chi connectivity index (χ1) is 8.96. The summed E-state index contributed by atoms with van der Waals surface area (Å²) < 4.78 is 31.3. The van der Waals surface area contributed by atoms with E-state index in [9.17, 15) is 18.7 Å². The molecule has 0 spiro atoms. The second-order valence-electron chi connectivity index (χ2n) is 4.86. The molecule has 1 amide bonds. The molecule has 0 aliphatic heterocycles. The van der Waals surface area contributed by atoms with Crippen LogP contribution in [-0.2, 0) is 4.74 Å². The van der Waals surface area contributed by atoms with Gasteiger partial charge in [-0.3, -0.25) is 5.32 Å². The highest BCUT2D eigenvalue weighted by atomic mass is 127. The van der Waals surface area contributed by atoms with Crippen LogP contribution in [0.5, 0.6) is 11.5 Å². The average Bonchev–Trinajstić information content (AvgIpc) is 2.18. The molecule has 5 nitrogen and oxygen atoms in total. The van der Waals surface area contributed by atoms with Crippen LogP contribution in [0.4, 0.5) is 19.3 Å². The lowest BCUT2D eigenvalue weighted by atomic mass is 10.2. The maximum Gasteiger partial charge on any atom is 0.451 e. The summed E-state index contributed by atoms with van der Waals surface area (Å²) >= 11 is 0.773. The van der Waals surface area contributed by atoms with Crippen LogP contribution >= 0.6 is 22.6 Å². The first-order valence-corrected chi connectivity index (χ1v) is 6.63. The molecule has 0 aromatic heterocycles. The number of amides is 1. The third kappa shape index (κ3) is 6.22. The summed E-state index contributed by atoms with van der Waals surface area (Å²) in [6, 6.07) is 3.54. The standard InChI is InChI=1S/C12H14F2INO4/c1-11(2,3)20-10(18)16-7-4-5-8(17)9(6-7)19-12(13,14)15/h4-6,17H,1-3H3,(H,16,18). The molecule has 1 aromatic rings. The van der Waals surface area contributed by atoms with Crippen molar-refractivity contribution in [2.45, 2.75) is 30.5 Å². The van der Waals surface area contributed by atoms with Crippen LogP contribution in [0.3, 0.4) is 0 Å². The van der Waals surface area contributed by atoms with Crippen molar-refractivity contribution in [1.29, 1.82) is 0 Å². The molecule has 0 bridgehead atoms. The van der Waals surface area contributed by atoms with E-state index in [0.717, 1.165) is 34.7 Å². The molecular weight excluding hydrogens is 387 g/mol. The van der Waals surface area contributed by atoms with Crippen molar-refractivity contribution < 1.29 is 28.2 Å². The Balaban J connectivity index is 2.82. The van der Waals surface area contributed by atoms with Gasteiger partial charge in [0.25, 0.3) is 0 Å². The van der Waals surface area contributed by atoms with E-state index in [0.29, 0.717) is 0 Å². The molecule has 0 atom stereocenters. The molecule has 1 rings (SSSR count). The highest BCUT2D eigenvalue weighted by molar-refractivity contribution is 14.1. The fraction of sp³-hybridized carbons (Fsp3) is 0.417. The first kappa shape index (κ1) is 16.7. The maximum atomic E-state index is 12.7. The second kappa shape index (κ2) is 5.98. The fourth-order valence-electron chi connectivity index (χ4n) is 1.22. The molecule has 2 N–H and O–H groups in total. The van der Waals surface area contributed by atoms with Crippen molar-refractivity contribution in [2.24, 2.45) is 0 Å². The van der Waals surface area contributed by atoms with Crippen molar-refractivity contribution >= 4 is 34.4 Å². The molecule has 0 heterocycles. The van der Waals surface area contributed by atoms with E-state index in [-0.39, 0.29) is 5.69 Å². The number of carbonyl (C=O) groups excluding carboxylic acids is 1. The van der Waals surface area contributed by atoms with Crippen LogP contribution in [0.25, 0.3) is 0 Å². The lowest BCUT2D eigenvalue weighted by molar-refractivity contribution is -0.0703. The molecule has 0 saturated heterocycles. The number of nitrogens with one attached hydrogen (secondary N) is 1. The molecule has 0 aliphatic carbocycles. The number of benzene rings is 1. The van der Waals surface area contributed by atoms with Crippen molar-refractivity contribution in [3.05, 3.63) is 18.2 Å². The Bertz CT molecular complexity index is 497. The van der Waals surface area contributed by atoms with Gasteiger partial charge in [0, 0.05) is 11.8 Å². The number of anilines is 1. The van der Waals surface area contributed by atoms with Gasteiger partial charge in [-0.1, -0.05) is 0 Å². The third-order valence-electron chi connectivity index (χ3n) is 1.83. The van der Waals surface area contributed by atoms with Gasteiger partial charge in [-0.15, -0.1) is 0 Å². The molecular formula is C12H14F2INO4. The van der Waals surface area contributed by atoms with Gasteiger partial charge in [0.2, 0.25) is 0 Å². The zero-order valence-electron chi connectivity index (χ0n) is 11.0. The number of phenols is 1. The van der Waals surface area contributed by atoms with E-state index in [1.165, 1.54) is 6.07 Å². The van der Waals surface area contributed by atoms with E-state index < -0.39 is 27.3 Å². The van der Waals surface area contributed by atoms with Crippen LogP contribution < -0.4 is 10.1 Å². The highest BCUT2D eigenvalue weighted by Gasteiger charge is 2.28. The van der Waals surface area contributed by atoms with Crippen LogP contribution in [-0.4, -0.2) is 20.9 Å². The van der Waals surface area contributed by atoms with Gasteiger partial charge in [0.1, 0.15) is 5.60 Å². The molecule has 0 unspecified atom stereocenters. The molecule has 0 radical (unpaired) electrons. The Hall–Kier alpha value is -1.32. The zero-order chi connectivity index (χ0) is 15.6. The Morgan fingerprint density at radius 2 is 1.95 bits per heavy atom. The predicted molar refractivity (Wildman–Crippen MR) is 77.6 cm³/mol. The number of alkyl halides is 3. The van der Waals surface area contributed by atoms with Gasteiger partial charge in [-0.05, 0) is 32.9 Å². The minimum Gasteiger partial charge on any atom is -0.504 e. The van der Waals surface area contributed by atoms with Crippen molar-refractivity contribution in [2.75, 3.05) is 5.32 Å². The Labute approximate surface area is 128 Å². The van der Waals surface area contributed by atoms with Crippen LogP contribution in [0, 0.1) is 0 Å². The number of aromatic hydroxyl groups is 1. The van der Waals surface area contributed by atoms with Gasteiger partial charge in [-0.25, -0.2) is 4.79 Å². The van der Waals surface area contributed by atoms with Gasteiger partial charge >= 0.3 is 10.2 Å². The summed E-state index contributed by atoms with van der Waals surface area (Å²) in [4.78, 5) is 11.5. The largest absolute Gasteiger partial charge is 0.504 e. The summed E-state index contributed by atoms with van der Waals surface area (Å²) in [5.41, 5.74) is -0.525. The molecule has 0 saturated carbocycles. The molecule has 8 heteroatoms. The summed E-state index contributed by atoms with van der Waals surface area (Å²) in [6.45, 7) is 5.07. The smallest absolute Gasteiger partial charge is 0.451 e. The van der Waals surface area contributed by atoms with E-state index >= 15 is 0 Å².